The van der Waals surface area contributed by atoms with Crippen LogP contribution in [0.15, 0.2) is 59.7 Å². The first-order valence-corrected chi connectivity index (χ1v) is 6.53. The highest BCUT2D eigenvalue weighted by molar-refractivity contribution is 5.96. The summed E-state index contributed by atoms with van der Waals surface area (Å²) in [6, 6.07) is 12.1. The first-order valence-electron chi connectivity index (χ1n) is 6.53. The molecule has 0 atom stereocenters. The number of benzene rings is 2. The fourth-order valence-corrected chi connectivity index (χ4v) is 1.64. The van der Waals surface area contributed by atoms with E-state index in [1.54, 1.807) is 37.3 Å². The number of nitro benzene ring substituents is 1. The maximum Gasteiger partial charge on any atom is 0.269 e. The second-order valence-corrected chi connectivity index (χ2v) is 4.55. The molecule has 6 heteroatoms. The first kappa shape index (κ1) is 15.4. The summed E-state index contributed by atoms with van der Waals surface area (Å²) in [5.41, 5.74) is 5.07. The minimum Gasteiger partial charge on any atom is -0.278 e. The first-order chi connectivity index (χ1) is 10.5. The van der Waals surface area contributed by atoms with Gasteiger partial charge in [0.1, 0.15) is 5.82 Å². The van der Waals surface area contributed by atoms with Crippen LogP contribution >= 0.6 is 0 Å². The molecule has 0 unspecified atom stereocenters. The number of nitro groups is 1. The van der Waals surface area contributed by atoms with Crippen molar-refractivity contribution in [2.24, 2.45) is 5.10 Å². The van der Waals surface area contributed by atoms with Crippen molar-refractivity contribution in [1.82, 2.24) is 0 Å². The summed E-state index contributed by atoms with van der Waals surface area (Å²) in [5.74, 6) is -0.276. The third kappa shape index (κ3) is 4.52. The molecular weight excluding hydrogens is 285 g/mol. The molecule has 0 aliphatic rings. The van der Waals surface area contributed by atoms with Crippen LogP contribution in [0.1, 0.15) is 12.5 Å². The van der Waals surface area contributed by atoms with E-state index >= 15 is 0 Å². The highest BCUT2D eigenvalue weighted by atomic mass is 19.1. The van der Waals surface area contributed by atoms with E-state index in [2.05, 4.69) is 10.5 Å². The Morgan fingerprint density at radius 2 is 1.82 bits per heavy atom. The lowest BCUT2D eigenvalue weighted by molar-refractivity contribution is -0.384. The molecule has 0 fully saturated rings. The molecule has 0 saturated carbocycles. The topological polar surface area (TPSA) is 67.5 Å². The number of hydrazone groups is 1. The minimum atomic E-state index is -0.455. The molecule has 1 N–H and O–H groups in total. The number of rotatable bonds is 5. The Morgan fingerprint density at radius 1 is 1.18 bits per heavy atom. The summed E-state index contributed by atoms with van der Waals surface area (Å²) in [4.78, 5) is 10.1. The molecule has 0 heterocycles. The quantitative estimate of drug-likeness (QED) is 0.510. The highest BCUT2D eigenvalue weighted by Gasteiger charge is 2.02. The third-order valence-corrected chi connectivity index (χ3v) is 2.83. The number of nitrogens with one attached hydrogen (secondary N) is 1. The fraction of sp³-hybridized carbons (Fsp3) is 0.0625. The van der Waals surface area contributed by atoms with Crippen LogP contribution in [0.2, 0.25) is 0 Å². The van der Waals surface area contributed by atoms with Gasteiger partial charge in [0.05, 0.1) is 16.3 Å². The molecule has 0 bridgehead atoms. The zero-order valence-corrected chi connectivity index (χ0v) is 11.9. The van der Waals surface area contributed by atoms with Crippen molar-refractivity contribution in [3.63, 3.8) is 0 Å². The number of hydrogen-bond acceptors (Lipinski definition) is 4. The van der Waals surface area contributed by atoms with Crippen LogP contribution in [0, 0.1) is 15.9 Å². The molecule has 2 aromatic carbocycles. The van der Waals surface area contributed by atoms with Gasteiger partial charge in [-0.25, -0.2) is 4.39 Å². The number of hydrogen-bond donors (Lipinski definition) is 1. The number of allylic oxidation sites excluding steroid dienone is 1. The molecule has 0 amide bonds. The molecule has 0 radical (unpaired) electrons. The van der Waals surface area contributed by atoms with Gasteiger partial charge in [0.15, 0.2) is 0 Å². The average molecular weight is 299 g/mol. The van der Waals surface area contributed by atoms with Gasteiger partial charge in [0.2, 0.25) is 0 Å². The van der Waals surface area contributed by atoms with Gasteiger partial charge < -0.3 is 0 Å². The van der Waals surface area contributed by atoms with Gasteiger partial charge in [0.25, 0.3) is 5.69 Å². The zero-order chi connectivity index (χ0) is 15.9. The van der Waals surface area contributed by atoms with Crippen molar-refractivity contribution in [3.05, 3.63) is 76.1 Å². The van der Waals surface area contributed by atoms with Crippen molar-refractivity contribution in [3.8, 4) is 0 Å². The molecule has 2 rings (SSSR count). The highest BCUT2D eigenvalue weighted by Crippen LogP contribution is 2.15. The van der Waals surface area contributed by atoms with E-state index in [9.17, 15) is 14.5 Å². The maximum absolute atomic E-state index is 12.8. The fourth-order valence-electron chi connectivity index (χ4n) is 1.64. The lowest BCUT2D eigenvalue weighted by Crippen LogP contribution is -1.95. The van der Waals surface area contributed by atoms with Crippen molar-refractivity contribution in [2.45, 2.75) is 6.92 Å². The van der Waals surface area contributed by atoms with Crippen LogP contribution in [0.3, 0.4) is 0 Å². The Labute approximate surface area is 126 Å². The van der Waals surface area contributed by atoms with E-state index in [0.717, 1.165) is 5.56 Å². The number of nitrogens with zero attached hydrogens (tertiary/aromatic N) is 2. The van der Waals surface area contributed by atoms with Gasteiger partial charge >= 0.3 is 0 Å². The van der Waals surface area contributed by atoms with Crippen LogP contribution in [0.5, 0.6) is 0 Å². The van der Waals surface area contributed by atoms with Gasteiger partial charge in [-0.3, -0.25) is 15.5 Å². The summed E-state index contributed by atoms with van der Waals surface area (Å²) < 4.78 is 12.8. The average Bonchev–Trinajstić information content (AvgIpc) is 2.52. The Morgan fingerprint density at radius 3 is 2.41 bits per heavy atom. The normalized spacial score (nSPS) is 11.6. The van der Waals surface area contributed by atoms with Crippen LogP contribution in [0.4, 0.5) is 15.8 Å². The van der Waals surface area contributed by atoms with Crippen LogP contribution in [-0.2, 0) is 0 Å². The number of non-ortho nitro benzene ring substituents is 1. The van der Waals surface area contributed by atoms with Gasteiger partial charge in [-0.05, 0) is 42.8 Å². The van der Waals surface area contributed by atoms with Crippen molar-refractivity contribution < 1.29 is 9.31 Å². The van der Waals surface area contributed by atoms with Crippen LogP contribution < -0.4 is 5.43 Å². The molecule has 112 valence electrons. The molecule has 0 aliphatic heterocycles. The largest absolute Gasteiger partial charge is 0.278 e. The second-order valence-electron chi connectivity index (χ2n) is 4.55. The summed E-state index contributed by atoms with van der Waals surface area (Å²) in [5, 5.41) is 14.7. The molecule has 0 aromatic heterocycles. The van der Waals surface area contributed by atoms with E-state index < -0.39 is 4.92 Å². The number of halogens is 1. The Hall–Kier alpha value is -3.02. The van der Waals surface area contributed by atoms with Gasteiger partial charge in [-0.1, -0.05) is 18.2 Å². The lowest BCUT2D eigenvalue weighted by Gasteiger charge is -2.00. The summed E-state index contributed by atoms with van der Waals surface area (Å²) in [7, 11) is 0. The van der Waals surface area contributed by atoms with Crippen molar-refractivity contribution >= 4 is 23.2 Å². The molecular formula is C16H14FN3O2. The van der Waals surface area contributed by atoms with Crippen molar-refractivity contribution in [2.75, 3.05) is 5.43 Å². The van der Waals surface area contributed by atoms with Crippen LogP contribution in [0.25, 0.3) is 6.08 Å². The predicted molar refractivity (Wildman–Crippen MR) is 85.3 cm³/mol. The smallest absolute Gasteiger partial charge is 0.269 e. The monoisotopic (exact) mass is 299 g/mol. The molecule has 2 aromatic rings. The summed E-state index contributed by atoms with van der Waals surface area (Å²) in [6.45, 7) is 1.80. The minimum absolute atomic E-state index is 0.0301. The van der Waals surface area contributed by atoms with E-state index in [0.29, 0.717) is 11.4 Å². The number of anilines is 1. The maximum atomic E-state index is 12.8. The molecule has 22 heavy (non-hydrogen) atoms. The zero-order valence-electron chi connectivity index (χ0n) is 11.9. The van der Waals surface area contributed by atoms with Gasteiger partial charge in [0, 0.05) is 12.1 Å². The molecule has 0 spiro atoms. The van der Waals surface area contributed by atoms with E-state index in [1.807, 2.05) is 6.08 Å². The summed E-state index contributed by atoms with van der Waals surface area (Å²) >= 11 is 0. The molecule has 5 nitrogen and oxygen atoms in total. The Balaban J connectivity index is 1.97. The van der Waals surface area contributed by atoms with E-state index in [-0.39, 0.29) is 11.5 Å². The van der Waals surface area contributed by atoms with E-state index in [4.69, 9.17) is 0 Å². The predicted octanol–water partition coefficient (Wildman–Crippen LogP) is 4.24. The molecule has 0 saturated heterocycles. The second kappa shape index (κ2) is 7.12. The SMILES string of the molecule is CC(C=Cc1ccc(F)cc1)=NNc1ccc([N+](=O)[O-])cc1. The van der Waals surface area contributed by atoms with Gasteiger partial charge in [-0.2, -0.15) is 5.10 Å². The third-order valence-electron chi connectivity index (χ3n) is 2.83. The standard InChI is InChI=1S/C16H14FN3O2/c1-12(2-3-13-4-6-14(17)7-5-13)18-19-15-8-10-16(11-9-15)20(21)22/h2-11,19H,1H3. The van der Waals surface area contributed by atoms with Crippen LogP contribution in [-0.4, -0.2) is 10.6 Å². The molecule has 0 aliphatic carbocycles. The Kier molecular flexibility index (Phi) is 4.98. The van der Waals surface area contributed by atoms with Gasteiger partial charge in [-0.15, -0.1) is 0 Å². The van der Waals surface area contributed by atoms with E-state index in [1.165, 1.54) is 24.3 Å². The Bertz CT molecular complexity index is 707. The van der Waals surface area contributed by atoms with Crippen molar-refractivity contribution in [1.29, 1.82) is 0 Å². The lowest BCUT2D eigenvalue weighted by atomic mass is 10.2. The summed E-state index contributed by atoms with van der Waals surface area (Å²) in [6.07, 6.45) is 3.60.